The van der Waals surface area contributed by atoms with Gasteiger partial charge in [-0.3, -0.25) is 0 Å². The van der Waals surface area contributed by atoms with Crippen molar-refractivity contribution in [1.29, 1.82) is 0 Å². The molecule has 1 aromatic rings. The molecule has 0 fully saturated rings. The van der Waals surface area contributed by atoms with E-state index in [0.29, 0.717) is 30.7 Å². The summed E-state index contributed by atoms with van der Waals surface area (Å²) in [7, 11) is 1.53. The number of nitrogens with two attached hydrogens (primary N) is 1. The summed E-state index contributed by atoms with van der Waals surface area (Å²) < 4.78 is 10.1. The van der Waals surface area contributed by atoms with E-state index in [-0.39, 0.29) is 0 Å². The smallest absolute Gasteiger partial charge is 0.218 e. The number of ether oxygens (including phenoxy) is 2. The Bertz CT molecular complexity index is 278. The zero-order valence-electron chi connectivity index (χ0n) is 7.78. The maximum Gasteiger partial charge on any atom is 0.218 e. The van der Waals surface area contributed by atoms with E-state index in [1.807, 2.05) is 6.92 Å². The summed E-state index contributed by atoms with van der Waals surface area (Å²) in [6.07, 6.45) is 0. The SMILES string of the molecule is CCOCc1nc(N)cc(OC)n1. The van der Waals surface area contributed by atoms with Gasteiger partial charge in [0, 0.05) is 12.7 Å². The van der Waals surface area contributed by atoms with Crippen molar-refractivity contribution in [3.8, 4) is 5.88 Å². The van der Waals surface area contributed by atoms with E-state index in [9.17, 15) is 0 Å². The van der Waals surface area contributed by atoms with Crippen LogP contribution in [0.5, 0.6) is 5.88 Å². The number of hydrogen-bond acceptors (Lipinski definition) is 5. The molecule has 0 aromatic carbocycles. The molecule has 0 saturated carbocycles. The molecular formula is C8H13N3O2. The maximum absolute atomic E-state index is 5.52. The van der Waals surface area contributed by atoms with E-state index >= 15 is 0 Å². The van der Waals surface area contributed by atoms with Crippen molar-refractivity contribution < 1.29 is 9.47 Å². The van der Waals surface area contributed by atoms with Gasteiger partial charge in [-0.1, -0.05) is 0 Å². The molecule has 5 nitrogen and oxygen atoms in total. The third-order valence-electron chi connectivity index (χ3n) is 1.41. The Balaban J connectivity index is 2.76. The molecule has 2 N–H and O–H groups in total. The van der Waals surface area contributed by atoms with Crippen molar-refractivity contribution in [1.82, 2.24) is 9.97 Å². The minimum absolute atomic E-state index is 0.359. The summed E-state index contributed by atoms with van der Waals surface area (Å²) in [5.41, 5.74) is 5.52. The lowest BCUT2D eigenvalue weighted by Crippen LogP contribution is -2.03. The molecule has 0 bridgehead atoms. The first kappa shape index (κ1) is 9.73. The van der Waals surface area contributed by atoms with Crippen LogP contribution in [0, 0.1) is 0 Å². The number of anilines is 1. The van der Waals surface area contributed by atoms with Gasteiger partial charge in [-0.15, -0.1) is 0 Å². The van der Waals surface area contributed by atoms with E-state index in [4.69, 9.17) is 15.2 Å². The first-order valence-corrected chi connectivity index (χ1v) is 4.01. The summed E-state index contributed by atoms with van der Waals surface area (Å²) in [5, 5.41) is 0. The molecule has 5 heteroatoms. The molecule has 0 unspecified atom stereocenters. The second kappa shape index (κ2) is 4.61. The quantitative estimate of drug-likeness (QED) is 0.740. The van der Waals surface area contributed by atoms with Gasteiger partial charge in [-0.2, -0.15) is 4.98 Å². The summed E-state index contributed by atoms with van der Waals surface area (Å²) in [5.74, 6) is 1.39. The fraction of sp³-hybridized carbons (Fsp3) is 0.500. The number of nitrogen functional groups attached to an aromatic ring is 1. The number of methoxy groups -OCH3 is 1. The summed E-state index contributed by atoms with van der Waals surface area (Å²) in [6.45, 7) is 2.89. The fourth-order valence-corrected chi connectivity index (χ4v) is 0.855. The molecule has 0 spiro atoms. The summed E-state index contributed by atoms with van der Waals surface area (Å²) in [6, 6.07) is 1.56. The molecule has 0 aliphatic rings. The normalized spacial score (nSPS) is 10.0. The largest absolute Gasteiger partial charge is 0.481 e. The van der Waals surface area contributed by atoms with Crippen LogP contribution < -0.4 is 10.5 Å². The van der Waals surface area contributed by atoms with Crippen LogP contribution in [0.25, 0.3) is 0 Å². The van der Waals surface area contributed by atoms with Gasteiger partial charge in [0.2, 0.25) is 5.88 Å². The first-order chi connectivity index (χ1) is 6.26. The number of aromatic nitrogens is 2. The predicted octanol–water partition coefficient (Wildman–Crippen LogP) is 0.604. The van der Waals surface area contributed by atoms with Gasteiger partial charge in [-0.25, -0.2) is 4.98 Å². The monoisotopic (exact) mass is 183 g/mol. The fourth-order valence-electron chi connectivity index (χ4n) is 0.855. The maximum atomic E-state index is 5.52. The minimum Gasteiger partial charge on any atom is -0.481 e. The van der Waals surface area contributed by atoms with Crippen molar-refractivity contribution in [2.24, 2.45) is 0 Å². The highest BCUT2D eigenvalue weighted by molar-refractivity contribution is 5.32. The molecule has 0 saturated heterocycles. The molecule has 0 aliphatic heterocycles. The lowest BCUT2D eigenvalue weighted by Gasteiger charge is -2.04. The minimum atomic E-state index is 0.359. The molecule has 0 radical (unpaired) electrons. The van der Waals surface area contributed by atoms with Gasteiger partial charge in [0.1, 0.15) is 12.4 Å². The van der Waals surface area contributed by atoms with Gasteiger partial charge in [0.25, 0.3) is 0 Å². The average Bonchev–Trinajstić information content (AvgIpc) is 2.14. The van der Waals surface area contributed by atoms with Crippen LogP contribution in [0.15, 0.2) is 6.07 Å². The van der Waals surface area contributed by atoms with Crippen molar-refractivity contribution in [3.05, 3.63) is 11.9 Å². The van der Waals surface area contributed by atoms with Crippen LogP contribution in [-0.4, -0.2) is 23.7 Å². The summed E-state index contributed by atoms with van der Waals surface area (Å²) >= 11 is 0. The Morgan fingerprint density at radius 2 is 2.23 bits per heavy atom. The number of rotatable bonds is 4. The average molecular weight is 183 g/mol. The molecule has 0 aliphatic carbocycles. The van der Waals surface area contributed by atoms with Crippen molar-refractivity contribution in [2.45, 2.75) is 13.5 Å². The third-order valence-corrected chi connectivity index (χ3v) is 1.41. The second-order valence-electron chi connectivity index (χ2n) is 2.39. The molecule has 0 amide bonds. The van der Waals surface area contributed by atoms with Crippen LogP contribution in [0.2, 0.25) is 0 Å². The number of hydrogen-bond donors (Lipinski definition) is 1. The van der Waals surface area contributed by atoms with Crippen molar-refractivity contribution in [2.75, 3.05) is 19.5 Å². The van der Waals surface area contributed by atoms with Crippen LogP contribution in [0.4, 0.5) is 5.82 Å². The Kier molecular flexibility index (Phi) is 3.45. The molecule has 1 aromatic heterocycles. The molecule has 13 heavy (non-hydrogen) atoms. The van der Waals surface area contributed by atoms with Gasteiger partial charge in [0.05, 0.1) is 7.11 Å². The van der Waals surface area contributed by atoms with E-state index in [2.05, 4.69) is 9.97 Å². The van der Waals surface area contributed by atoms with Gasteiger partial charge in [0.15, 0.2) is 5.82 Å². The van der Waals surface area contributed by atoms with E-state index in [0.717, 1.165) is 0 Å². The molecular weight excluding hydrogens is 170 g/mol. The first-order valence-electron chi connectivity index (χ1n) is 4.01. The predicted molar refractivity (Wildman–Crippen MR) is 48.3 cm³/mol. The highest BCUT2D eigenvalue weighted by Gasteiger charge is 2.01. The van der Waals surface area contributed by atoms with Crippen molar-refractivity contribution >= 4 is 5.82 Å². The van der Waals surface area contributed by atoms with Crippen LogP contribution >= 0.6 is 0 Å². The molecule has 0 atom stereocenters. The molecule has 1 heterocycles. The molecule has 72 valence electrons. The van der Waals surface area contributed by atoms with Crippen molar-refractivity contribution in [3.63, 3.8) is 0 Å². The zero-order valence-corrected chi connectivity index (χ0v) is 7.78. The molecule has 1 rings (SSSR count). The lowest BCUT2D eigenvalue weighted by molar-refractivity contribution is 0.127. The van der Waals surface area contributed by atoms with Crippen LogP contribution in [0.1, 0.15) is 12.7 Å². The Morgan fingerprint density at radius 3 is 2.85 bits per heavy atom. The Labute approximate surface area is 76.9 Å². The summed E-state index contributed by atoms with van der Waals surface area (Å²) in [4.78, 5) is 8.03. The van der Waals surface area contributed by atoms with E-state index in [1.165, 1.54) is 7.11 Å². The highest BCUT2D eigenvalue weighted by atomic mass is 16.5. The van der Waals surface area contributed by atoms with Gasteiger partial charge >= 0.3 is 0 Å². The Morgan fingerprint density at radius 1 is 1.46 bits per heavy atom. The zero-order chi connectivity index (χ0) is 9.68. The van der Waals surface area contributed by atoms with Gasteiger partial charge in [-0.05, 0) is 6.92 Å². The van der Waals surface area contributed by atoms with E-state index in [1.54, 1.807) is 6.07 Å². The standard InChI is InChI=1S/C8H13N3O2/c1-3-13-5-7-10-6(9)4-8(11-7)12-2/h4H,3,5H2,1-2H3,(H2,9,10,11). The van der Waals surface area contributed by atoms with Crippen LogP contribution in [-0.2, 0) is 11.3 Å². The van der Waals surface area contributed by atoms with Gasteiger partial charge < -0.3 is 15.2 Å². The third kappa shape index (κ3) is 2.87. The highest BCUT2D eigenvalue weighted by Crippen LogP contribution is 2.10. The van der Waals surface area contributed by atoms with Crippen LogP contribution in [0.3, 0.4) is 0 Å². The number of nitrogens with zero attached hydrogens (tertiary/aromatic N) is 2. The Hall–Kier alpha value is -1.36. The topological polar surface area (TPSA) is 70.3 Å². The van der Waals surface area contributed by atoms with E-state index < -0.39 is 0 Å². The lowest BCUT2D eigenvalue weighted by atomic mass is 10.5. The second-order valence-corrected chi connectivity index (χ2v) is 2.39.